The van der Waals surface area contributed by atoms with Crippen molar-refractivity contribution in [2.45, 2.75) is 6.18 Å². The molecule has 0 unspecified atom stereocenters. The molecule has 0 aliphatic carbocycles. The highest BCUT2D eigenvalue weighted by atomic mass is 19.4. The van der Waals surface area contributed by atoms with Gasteiger partial charge in [0.25, 0.3) is 0 Å². The van der Waals surface area contributed by atoms with Gasteiger partial charge in [0.15, 0.2) is 0 Å². The minimum Gasteiger partial charge on any atom is -0.324 e. The summed E-state index contributed by atoms with van der Waals surface area (Å²) < 4.78 is 36.7. The molecule has 2 amide bonds. The average Bonchev–Trinajstić information content (AvgIpc) is 2.33. The molecule has 1 N–H and O–H groups in total. The number of hydrogen-bond acceptors (Lipinski definition) is 2. The Bertz CT molecular complexity index is 486. The van der Waals surface area contributed by atoms with Gasteiger partial charge in [0.2, 0.25) is 0 Å². The molecular weight excluding hydrogens is 247 g/mol. The van der Waals surface area contributed by atoms with Crippen LogP contribution in [0, 0.1) is 12.3 Å². The second-order valence-electron chi connectivity index (χ2n) is 3.11. The minimum atomic E-state index is -4.40. The fourth-order valence-corrected chi connectivity index (χ4v) is 0.982. The molecular formula is C11H8F3N3O. The van der Waals surface area contributed by atoms with Crippen LogP contribution in [0.5, 0.6) is 0 Å². The number of rotatable bonds is 2. The van der Waals surface area contributed by atoms with Crippen molar-refractivity contribution in [1.29, 1.82) is 0 Å². The molecule has 0 bridgehead atoms. The van der Waals surface area contributed by atoms with Gasteiger partial charge in [-0.25, -0.2) is 4.79 Å². The van der Waals surface area contributed by atoms with Gasteiger partial charge in [-0.3, -0.25) is 0 Å². The smallest absolute Gasteiger partial charge is 0.324 e. The zero-order valence-electron chi connectivity index (χ0n) is 9.03. The third-order valence-corrected chi connectivity index (χ3v) is 1.79. The van der Waals surface area contributed by atoms with Crippen LogP contribution in [0.15, 0.2) is 34.5 Å². The van der Waals surface area contributed by atoms with E-state index in [9.17, 15) is 18.0 Å². The Labute approximate surface area is 101 Å². The summed E-state index contributed by atoms with van der Waals surface area (Å²) in [6.07, 6.45) is 0.495. The molecule has 0 aromatic heterocycles. The summed E-state index contributed by atoms with van der Waals surface area (Å²) in [5.41, 5.74) is -0.655. The number of hydrogen-bond donors (Lipinski definition) is 1. The Morgan fingerprint density at radius 2 is 1.94 bits per heavy atom. The van der Waals surface area contributed by atoms with Gasteiger partial charge in [0.1, 0.15) is 0 Å². The standard InChI is InChI=1S/C11H8F3N3O/c1-2-7-15-10(18)17-16-9-5-3-8(4-6-9)11(12,13)14/h1,3-6H,7H2,(H,15,18). The maximum Gasteiger partial charge on any atom is 0.416 e. The van der Waals surface area contributed by atoms with Gasteiger partial charge in [-0.15, -0.1) is 11.5 Å². The molecule has 0 fully saturated rings. The first-order valence-electron chi connectivity index (χ1n) is 4.74. The van der Waals surface area contributed by atoms with Gasteiger partial charge in [-0.1, -0.05) is 11.0 Å². The van der Waals surface area contributed by atoms with Crippen LogP contribution >= 0.6 is 0 Å². The number of benzene rings is 1. The maximum absolute atomic E-state index is 12.2. The highest BCUT2D eigenvalue weighted by molar-refractivity contribution is 5.74. The fraction of sp³-hybridized carbons (Fsp3) is 0.182. The largest absolute Gasteiger partial charge is 0.416 e. The van der Waals surface area contributed by atoms with E-state index in [0.717, 1.165) is 24.3 Å². The van der Waals surface area contributed by atoms with Gasteiger partial charge in [0.05, 0.1) is 17.8 Å². The summed E-state index contributed by atoms with van der Waals surface area (Å²) in [7, 11) is 0. The van der Waals surface area contributed by atoms with Crippen molar-refractivity contribution in [1.82, 2.24) is 5.32 Å². The van der Waals surface area contributed by atoms with Crippen molar-refractivity contribution in [3.63, 3.8) is 0 Å². The summed E-state index contributed by atoms with van der Waals surface area (Å²) in [5.74, 6) is 2.16. The first-order valence-corrected chi connectivity index (χ1v) is 4.74. The number of amides is 2. The summed E-state index contributed by atoms with van der Waals surface area (Å²) in [4.78, 5) is 11.0. The number of urea groups is 1. The van der Waals surface area contributed by atoms with E-state index in [1.165, 1.54) is 0 Å². The SMILES string of the molecule is C#CCNC(=O)N=Nc1ccc(C(F)(F)F)cc1. The average molecular weight is 255 g/mol. The first-order chi connectivity index (χ1) is 8.43. The summed E-state index contributed by atoms with van der Waals surface area (Å²) in [5, 5.41) is 8.90. The molecule has 0 atom stereocenters. The Hall–Kier alpha value is -2.36. The number of carbonyl (C=O) groups is 1. The molecule has 0 saturated heterocycles. The molecule has 0 saturated carbocycles. The maximum atomic E-state index is 12.2. The number of alkyl halides is 3. The lowest BCUT2D eigenvalue weighted by atomic mass is 10.2. The molecule has 0 aliphatic heterocycles. The van der Waals surface area contributed by atoms with Crippen molar-refractivity contribution in [3.05, 3.63) is 29.8 Å². The van der Waals surface area contributed by atoms with E-state index in [0.29, 0.717) is 0 Å². The number of azo groups is 1. The van der Waals surface area contributed by atoms with E-state index in [2.05, 4.69) is 21.5 Å². The molecule has 0 aliphatic rings. The quantitative estimate of drug-likeness (QED) is 0.640. The summed E-state index contributed by atoms with van der Waals surface area (Å²) in [6.45, 7) is 0.00483. The molecule has 0 heterocycles. The van der Waals surface area contributed by atoms with E-state index < -0.39 is 17.8 Å². The van der Waals surface area contributed by atoms with E-state index in [4.69, 9.17) is 6.42 Å². The lowest BCUT2D eigenvalue weighted by molar-refractivity contribution is -0.137. The van der Waals surface area contributed by atoms with Crippen LogP contribution in [0.25, 0.3) is 0 Å². The number of halogens is 3. The molecule has 0 spiro atoms. The van der Waals surface area contributed by atoms with Crippen molar-refractivity contribution in [2.24, 2.45) is 10.2 Å². The predicted molar refractivity (Wildman–Crippen MR) is 58.2 cm³/mol. The fourth-order valence-electron chi connectivity index (χ4n) is 0.982. The second kappa shape index (κ2) is 5.82. The molecule has 1 aromatic carbocycles. The van der Waals surface area contributed by atoms with Gasteiger partial charge < -0.3 is 5.32 Å². The number of nitrogens with zero attached hydrogens (tertiary/aromatic N) is 2. The summed E-state index contributed by atoms with van der Waals surface area (Å²) >= 11 is 0. The van der Waals surface area contributed by atoms with Crippen LogP contribution in [0.2, 0.25) is 0 Å². The van der Waals surface area contributed by atoms with Crippen molar-refractivity contribution in [2.75, 3.05) is 6.54 Å². The highest BCUT2D eigenvalue weighted by Gasteiger charge is 2.29. The topological polar surface area (TPSA) is 53.8 Å². The Morgan fingerprint density at radius 1 is 1.33 bits per heavy atom. The van der Waals surface area contributed by atoms with E-state index in [1.54, 1.807) is 0 Å². The molecule has 4 nitrogen and oxygen atoms in total. The zero-order chi connectivity index (χ0) is 13.6. The third kappa shape index (κ3) is 4.25. The van der Waals surface area contributed by atoms with Gasteiger partial charge in [-0.2, -0.15) is 13.2 Å². The molecule has 94 valence electrons. The number of nitrogens with one attached hydrogen (secondary N) is 1. The molecule has 1 aromatic rings. The van der Waals surface area contributed by atoms with Gasteiger partial charge in [-0.05, 0) is 24.3 Å². The molecule has 1 rings (SSSR count). The molecule has 0 radical (unpaired) electrons. The molecule has 18 heavy (non-hydrogen) atoms. The Morgan fingerprint density at radius 3 is 2.44 bits per heavy atom. The van der Waals surface area contributed by atoms with Crippen LogP contribution < -0.4 is 5.32 Å². The monoisotopic (exact) mass is 255 g/mol. The summed E-state index contributed by atoms with van der Waals surface area (Å²) in [6, 6.07) is 3.18. The van der Waals surface area contributed by atoms with Gasteiger partial charge >= 0.3 is 12.2 Å². The number of carbonyl (C=O) groups excluding carboxylic acids is 1. The lowest BCUT2D eigenvalue weighted by Gasteiger charge is -2.05. The van der Waals surface area contributed by atoms with Crippen LogP contribution in [0.3, 0.4) is 0 Å². The van der Waals surface area contributed by atoms with Crippen molar-refractivity contribution >= 4 is 11.7 Å². The van der Waals surface area contributed by atoms with Crippen molar-refractivity contribution < 1.29 is 18.0 Å². The van der Waals surface area contributed by atoms with E-state index in [-0.39, 0.29) is 12.2 Å². The lowest BCUT2D eigenvalue weighted by Crippen LogP contribution is -2.18. The number of terminal acetylenes is 1. The van der Waals surface area contributed by atoms with Crippen molar-refractivity contribution in [3.8, 4) is 12.3 Å². The second-order valence-corrected chi connectivity index (χ2v) is 3.11. The van der Waals surface area contributed by atoms with Crippen LogP contribution in [0.4, 0.5) is 23.7 Å². The molecule has 7 heteroatoms. The highest BCUT2D eigenvalue weighted by Crippen LogP contribution is 2.30. The predicted octanol–water partition coefficient (Wildman–Crippen LogP) is 3.13. The first kappa shape index (κ1) is 13.7. The Kier molecular flexibility index (Phi) is 4.43. The van der Waals surface area contributed by atoms with E-state index >= 15 is 0 Å². The zero-order valence-corrected chi connectivity index (χ0v) is 9.03. The minimum absolute atomic E-state index is 0.00483. The van der Waals surface area contributed by atoms with Crippen LogP contribution in [-0.2, 0) is 6.18 Å². The van der Waals surface area contributed by atoms with Crippen LogP contribution in [-0.4, -0.2) is 12.6 Å². The normalized spacial score (nSPS) is 11.2. The Balaban J connectivity index is 2.67. The third-order valence-electron chi connectivity index (χ3n) is 1.79. The van der Waals surface area contributed by atoms with Gasteiger partial charge in [0, 0.05) is 0 Å². The van der Waals surface area contributed by atoms with E-state index in [1.807, 2.05) is 0 Å². The van der Waals surface area contributed by atoms with Crippen LogP contribution in [0.1, 0.15) is 5.56 Å².